The maximum absolute atomic E-state index is 14.5. The van der Waals surface area contributed by atoms with Gasteiger partial charge in [0.25, 0.3) is 0 Å². The number of pyridine rings is 6. The third kappa shape index (κ3) is 15.5. The van der Waals surface area contributed by atoms with E-state index in [0.717, 1.165) is 193 Å². The molecule has 0 atom stereocenters. The summed E-state index contributed by atoms with van der Waals surface area (Å²) in [7, 11) is 1.70. The lowest BCUT2D eigenvalue weighted by atomic mass is 9.87. The minimum Gasteiger partial charge on any atom is -0.497 e. The molecule has 29 aromatic rings. The lowest BCUT2D eigenvalue weighted by Gasteiger charge is -2.25. The molecule has 0 aliphatic rings. The van der Waals surface area contributed by atoms with Crippen molar-refractivity contribution in [2.24, 2.45) is 0 Å². The molecule has 9 heterocycles. The molecule has 0 radical (unpaired) electrons. The predicted octanol–water partition coefficient (Wildman–Crippen LogP) is 36.7. The Bertz CT molecular complexity index is 9970. The number of hydrogen-bond acceptors (Lipinski definition) is 12. The number of benzene rings is 20. The van der Waals surface area contributed by atoms with Gasteiger partial charge in [0.2, 0.25) is 0 Å². The van der Waals surface area contributed by atoms with Gasteiger partial charge in [-0.05, 0) is 260 Å². The maximum Gasteiger partial charge on any atom is 0.142 e. The summed E-state index contributed by atoms with van der Waals surface area (Å²) in [5, 5.41) is 21.9. The number of furan rings is 1. The summed E-state index contributed by atoms with van der Waals surface area (Å²) >= 11 is 3.64. The first-order valence-corrected chi connectivity index (χ1v) is 49.6. The Morgan fingerprint density at radius 3 is 1.32 bits per heavy atom. The summed E-state index contributed by atoms with van der Waals surface area (Å²) < 4.78 is 30.9. The number of ether oxygens (including phenoxy) is 1. The molecule has 678 valence electrons. The Labute approximate surface area is 835 Å². The van der Waals surface area contributed by atoms with Crippen molar-refractivity contribution in [3.05, 3.63) is 492 Å². The van der Waals surface area contributed by atoms with Gasteiger partial charge in [-0.1, -0.05) is 261 Å². The molecular formula is C131H83FN8O2S2. The number of hydrogen-bond donors (Lipinski definition) is 0. The summed E-state index contributed by atoms with van der Waals surface area (Å²) in [6.07, 6.45) is 8.77. The minimum atomic E-state index is -0.331. The second-order valence-electron chi connectivity index (χ2n) is 35.9. The van der Waals surface area contributed by atoms with E-state index >= 15 is 0 Å². The van der Waals surface area contributed by atoms with Gasteiger partial charge in [-0.25, -0.2) is 9.37 Å². The predicted molar refractivity (Wildman–Crippen MR) is 604 cm³/mol. The van der Waals surface area contributed by atoms with Gasteiger partial charge >= 0.3 is 0 Å². The summed E-state index contributed by atoms with van der Waals surface area (Å²) in [6.45, 7) is 0. The van der Waals surface area contributed by atoms with Crippen molar-refractivity contribution in [3.63, 3.8) is 0 Å². The van der Waals surface area contributed by atoms with Gasteiger partial charge in [-0.3, -0.25) is 24.9 Å². The van der Waals surface area contributed by atoms with Gasteiger partial charge in [0.15, 0.2) is 0 Å². The number of methoxy groups -OCH3 is 1. The number of para-hydroxylation sites is 6. The smallest absolute Gasteiger partial charge is 0.142 e. The summed E-state index contributed by atoms with van der Waals surface area (Å²) in [5.74, 6) is 0.501. The van der Waals surface area contributed by atoms with Crippen LogP contribution in [0.3, 0.4) is 0 Å². The highest BCUT2D eigenvalue weighted by atomic mass is 32.1. The van der Waals surface area contributed by atoms with Gasteiger partial charge in [0, 0.05) is 170 Å². The van der Waals surface area contributed by atoms with E-state index in [0.29, 0.717) is 0 Å². The van der Waals surface area contributed by atoms with Gasteiger partial charge in [-0.2, -0.15) is 0 Å². The molecule has 0 aliphatic carbocycles. The second kappa shape index (κ2) is 36.7. The van der Waals surface area contributed by atoms with Crippen LogP contribution in [0.4, 0.5) is 38.5 Å². The van der Waals surface area contributed by atoms with Gasteiger partial charge in [0.1, 0.15) is 22.7 Å². The summed E-state index contributed by atoms with van der Waals surface area (Å²) in [4.78, 5) is 33.3. The highest BCUT2D eigenvalue weighted by Gasteiger charge is 2.25. The maximum atomic E-state index is 14.5. The van der Waals surface area contributed by atoms with Crippen LogP contribution in [-0.4, -0.2) is 37.0 Å². The molecule has 9 aromatic heterocycles. The van der Waals surface area contributed by atoms with Crippen molar-refractivity contribution in [1.29, 1.82) is 0 Å². The number of aromatic nitrogens is 6. The van der Waals surface area contributed by atoms with Crippen LogP contribution in [0.5, 0.6) is 5.75 Å². The molecule has 0 saturated carbocycles. The summed E-state index contributed by atoms with van der Waals surface area (Å²) in [6, 6.07) is 159. The fraction of sp³-hybridized carbons (Fsp3) is 0.00763. The Balaban J connectivity index is 0.0000000989. The topological polar surface area (TPSA) is 106 Å². The standard InChI is InChI=1S/C37H23FN2S.C37H24N2S.C33H22N2O.C24H14N2O/c38-26-21-25-22-33(31-19-20-32-30-13-7-8-14-34(30)41-37(32)35(31)36(25)39-23-26)24-15-17-29(18-16-24)40(27-9-3-1-4-10-27)28-11-5-2-6-12-28;1-3-11-27(12-4-1)39(28-13-5-2-6-14-28)29-19-17-25(18-20-29)33-24-26-10-9-23-38-36(26)35-31(33)21-22-32-30-15-7-8-16-34(30)40-37(32)35;1-36-26-16-14-22(15-17-26)30-28-20-24-9-4-5-11-29(24)35-32(28)27-10-6-18-34-33(27)31(30)25-13-12-21-7-2-3-8-23(21)19-25;1-2-8-22-16(5-1)20-13-15(9-10-23(20)27-22)19-14-21-18(7-4-11-25-21)24-17(19)6-3-12-26-24/h1-23H;1-24H;2-20H,1H3;1-14H. The molecule has 0 bridgehead atoms. The van der Waals surface area contributed by atoms with Crippen molar-refractivity contribution in [1.82, 2.24) is 29.9 Å². The van der Waals surface area contributed by atoms with E-state index in [2.05, 4.69) is 401 Å². The molecule has 0 N–H and O–H groups in total. The van der Waals surface area contributed by atoms with Gasteiger partial charge in [0.05, 0.1) is 51.9 Å². The van der Waals surface area contributed by atoms with Crippen molar-refractivity contribution in [2.75, 3.05) is 16.9 Å². The van der Waals surface area contributed by atoms with E-state index in [9.17, 15) is 4.39 Å². The highest BCUT2D eigenvalue weighted by Crippen LogP contribution is 2.51. The van der Waals surface area contributed by atoms with E-state index in [-0.39, 0.29) is 5.82 Å². The Morgan fingerprint density at radius 1 is 0.250 bits per heavy atom. The monoisotopic (exact) mass is 1880 g/mol. The van der Waals surface area contributed by atoms with Crippen LogP contribution in [0, 0.1) is 5.82 Å². The van der Waals surface area contributed by atoms with Crippen LogP contribution in [0.1, 0.15) is 0 Å². The highest BCUT2D eigenvalue weighted by molar-refractivity contribution is 7.27. The second-order valence-corrected chi connectivity index (χ2v) is 38.0. The van der Waals surface area contributed by atoms with Gasteiger partial charge in [-0.15, -0.1) is 22.7 Å². The third-order valence-corrected chi connectivity index (χ3v) is 29.9. The Morgan fingerprint density at radius 2 is 0.701 bits per heavy atom. The molecule has 0 saturated heterocycles. The van der Waals surface area contributed by atoms with Gasteiger partial charge < -0.3 is 19.0 Å². The minimum absolute atomic E-state index is 0.331. The number of thiophene rings is 2. The zero-order valence-electron chi connectivity index (χ0n) is 77.8. The zero-order chi connectivity index (χ0) is 95.7. The molecule has 20 aromatic carbocycles. The van der Waals surface area contributed by atoms with Crippen LogP contribution < -0.4 is 14.5 Å². The number of nitrogens with zero attached hydrogens (tertiary/aromatic N) is 8. The van der Waals surface area contributed by atoms with Crippen LogP contribution >= 0.6 is 22.7 Å². The molecular weight excluding hydrogens is 1800 g/mol. The van der Waals surface area contributed by atoms with E-state index in [1.165, 1.54) is 79.2 Å². The van der Waals surface area contributed by atoms with E-state index in [1.54, 1.807) is 24.5 Å². The number of anilines is 6. The molecule has 10 nitrogen and oxygen atoms in total. The molecule has 144 heavy (non-hydrogen) atoms. The first-order chi connectivity index (χ1) is 71.3. The average Bonchev–Trinajstić information content (AvgIpc) is 1.21. The van der Waals surface area contributed by atoms with Crippen molar-refractivity contribution in [2.45, 2.75) is 0 Å². The quantitative estimate of drug-likeness (QED) is 0.0867. The van der Waals surface area contributed by atoms with E-state index in [1.807, 2.05) is 109 Å². The van der Waals surface area contributed by atoms with Crippen molar-refractivity contribution < 1.29 is 13.5 Å². The van der Waals surface area contributed by atoms with Crippen molar-refractivity contribution in [3.8, 4) is 61.4 Å². The molecule has 29 rings (SSSR count). The first-order valence-electron chi connectivity index (χ1n) is 48.0. The number of halogens is 1. The lowest BCUT2D eigenvalue weighted by Crippen LogP contribution is -2.09. The Hall–Kier alpha value is -18.5. The molecule has 13 heteroatoms. The Kier molecular flexibility index (Phi) is 21.9. The normalized spacial score (nSPS) is 11.5. The van der Waals surface area contributed by atoms with Crippen LogP contribution in [0.2, 0.25) is 0 Å². The SMILES string of the molecule is COc1ccc(-c2c(-c3ccc4ccccc4c3)c3ncccc3c3nc4ccccc4cc23)cc1.Fc1cnc2c(c1)cc(-c1ccc(N(c3ccccc3)c3ccccc3)cc1)c1ccc3c4ccccc4sc3c12.c1ccc(N(c2ccccc2)c2ccc(-c3cc4cccnc4c4c3ccc3c5ccccc5sc34)cc2)cc1.c1ccc2c(c1)oc1ccc(-c3cc4ncccc4c4ncccc34)cc12. The van der Waals surface area contributed by atoms with Crippen LogP contribution in [-0.2, 0) is 0 Å². The molecule has 0 fully saturated rings. The number of rotatable bonds is 12. The van der Waals surface area contributed by atoms with Crippen molar-refractivity contribution >= 4 is 228 Å². The number of fused-ring (bicyclic) bond motifs is 25. The van der Waals surface area contributed by atoms with E-state index in [4.69, 9.17) is 24.1 Å². The molecule has 0 aliphatic heterocycles. The average molecular weight is 1880 g/mol. The summed E-state index contributed by atoms with van der Waals surface area (Å²) in [5.41, 5.74) is 26.5. The molecule has 0 spiro atoms. The third-order valence-electron chi connectivity index (χ3n) is 27.5. The fourth-order valence-corrected chi connectivity index (χ4v) is 23.4. The molecule has 0 amide bonds. The van der Waals surface area contributed by atoms with Crippen LogP contribution in [0.15, 0.2) is 490 Å². The lowest BCUT2D eigenvalue weighted by molar-refractivity contribution is 0.415. The zero-order valence-corrected chi connectivity index (χ0v) is 79.4. The first kappa shape index (κ1) is 85.9. The molecule has 0 unspecified atom stereocenters. The largest absolute Gasteiger partial charge is 0.497 e. The fourth-order valence-electron chi connectivity index (χ4n) is 20.9. The van der Waals surface area contributed by atoms with Crippen LogP contribution in [0.25, 0.3) is 227 Å². The van der Waals surface area contributed by atoms with E-state index < -0.39 is 0 Å².